The van der Waals surface area contributed by atoms with Gasteiger partial charge in [0.1, 0.15) is 28.6 Å². The first-order valence-electron chi connectivity index (χ1n) is 14.7. The minimum absolute atomic E-state index is 0.0622. The molecule has 0 bridgehead atoms. The van der Waals surface area contributed by atoms with Gasteiger partial charge in [-0.2, -0.15) is 0 Å². The van der Waals surface area contributed by atoms with Crippen molar-refractivity contribution in [2.24, 2.45) is 0 Å². The Morgan fingerprint density at radius 1 is 0.872 bits per heavy atom. The summed E-state index contributed by atoms with van der Waals surface area (Å²) < 4.78 is 5.53. The Labute approximate surface area is 267 Å². The van der Waals surface area contributed by atoms with Gasteiger partial charge in [0, 0.05) is 41.2 Å². The Bertz CT molecular complexity index is 2150. The molecule has 240 valence electrons. The maximum absolute atomic E-state index is 13.7. The van der Waals surface area contributed by atoms with Gasteiger partial charge < -0.3 is 30.3 Å². The minimum atomic E-state index is -1.66. The molecule has 11 nitrogen and oxygen atoms in total. The lowest BCUT2D eigenvalue weighted by molar-refractivity contribution is -0.162. The van der Waals surface area contributed by atoms with E-state index in [0.29, 0.717) is 6.29 Å². The van der Waals surface area contributed by atoms with Crippen LogP contribution in [-0.4, -0.2) is 66.3 Å². The molecular formula is C36H30O11. The summed E-state index contributed by atoms with van der Waals surface area (Å²) in [5, 5.41) is 56.5. The van der Waals surface area contributed by atoms with Crippen LogP contribution in [0.2, 0.25) is 0 Å². The number of rotatable bonds is 4. The molecule has 2 atom stereocenters. The summed E-state index contributed by atoms with van der Waals surface area (Å²) in [4.78, 5) is 64.2. The maximum Gasteiger partial charge on any atom is 0.303 e. The summed E-state index contributed by atoms with van der Waals surface area (Å²) in [6.45, 7) is 7.32. The number of Topliss-reactive ketones (excluding diaryl/α,β-unsaturated/α-hetero) is 1. The minimum Gasteiger partial charge on any atom is -0.507 e. The highest BCUT2D eigenvalue weighted by atomic mass is 16.6. The highest BCUT2D eigenvalue weighted by Gasteiger charge is 2.52. The number of hydrogen-bond acceptors (Lipinski definition) is 11. The Morgan fingerprint density at radius 3 is 2.13 bits per heavy atom. The molecule has 11 heteroatoms. The van der Waals surface area contributed by atoms with Crippen molar-refractivity contribution in [2.45, 2.75) is 58.2 Å². The van der Waals surface area contributed by atoms with Crippen molar-refractivity contribution in [3.63, 3.8) is 0 Å². The molecule has 0 spiro atoms. The normalized spacial score (nSPS) is 18.9. The van der Waals surface area contributed by atoms with Gasteiger partial charge in [0.2, 0.25) is 5.78 Å². The van der Waals surface area contributed by atoms with E-state index in [-0.39, 0.29) is 55.3 Å². The largest absolute Gasteiger partial charge is 0.507 e. The van der Waals surface area contributed by atoms with E-state index in [2.05, 4.69) is 0 Å². The highest BCUT2D eigenvalue weighted by Crippen LogP contribution is 2.53. The van der Waals surface area contributed by atoms with Crippen LogP contribution in [0.15, 0.2) is 36.4 Å². The van der Waals surface area contributed by atoms with E-state index in [0.717, 1.165) is 0 Å². The van der Waals surface area contributed by atoms with E-state index >= 15 is 0 Å². The number of fused-ring (bicyclic) bond motifs is 4. The monoisotopic (exact) mass is 638 g/mol. The summed E-state index contributed by atoms with van der Waals surface area (Å²) in [6, 6.07) is 8.12. The van der Waals surface area contributed by atoms with E-state index in [1.165, 1.54) is 57.2 Å². The third-order valence-electron chi connectivity index (χ3n) is 9.18. The second kappa shape index (κ2) is 10.2. The number of aromatic hydroxyl groups is 4. The van der Waals surface area contributed by atoms with Crippen molar-refractivity contribution in [1.82, 2.24) is 0 Å². The number of phenols is 4. The zero-order chi connectivity index (χ0) is 34.5. The number of carbonyl (C=O) groups excluding carboxylic acids is 5. The molecule has 0 saturated heterocycles. The topological polar surface area (TPSA) is 196 Å². The molecule has 0 fully saturated rings. The van der Waals surface area contributed by atoms with Gasteiger partial charge in [0.25, 0.3) is 0 Å². The van der Waals surface area contributed by atoms with Gasteiger partial charge in [0.05, 0.1) is 33.6 Å². The van der Waals surface area contributed by atoms with Crippen molar-refractivity contribution in [3.8, 4) is 34.1 Å². The second-order valence-electron chi connectivity index (χ2n) is 12.9. The molecule has 4 aromatic carbocycles. The Kier molecular flexibility index (Phi) is 6.84. The number of carbonyl (C=O) groups is 5. The zero-order valence-electron chi connectivity index (χ0n) is 26.0. The van der Waals surface area contributed by atoms with Crippen LogP contribution in [0, 0.1) is 6.92 Å². The predicted octanol–water partition coefficient (Wildman–Crippen LogP) is 4.99. The first-order chi connectivity index (χ1) is 21.9. The Balaban J connectivity index is 1.56. The lowest BCUT2D eigenvalue weighted by Crippen LogP contribution is -2.51. The predicted molar refractivity (Wildman–Crippen MR) is 168 cm³/mol. The Hall–Kier alpha value is -5.55. The summed E-state index contributed by atoms with van der Waals surface area (Å²) in [6.07, 6.45) is -0.00205. The van der Waals surface area contributed by atoms with Crippen LogP contribution in [-0.2, 0) is 9.53 Å². The fraction of sp³-hybridized carbons (Fsp3) is 0.250. The molecule has 0 unspecified atom stereocenters. The van der Waals surface area contributed by atoms with E-state index < -0.39 is 81.0 Å². The molecule has 0 aliphatic heterocycles. The summed E-state index contributed by atoms with van der Waals surface area (Å²) in [5.74, 6) is -6.25. The number of ketones is 3. The fourth-order valence-electron chi connectivity index (χ4n) is 7.54. The van der Waals surface area contributed by atoms with E-state index in [1.807, 2.05) is 0 Å². The van der Waals surface area contributed by atoms with Crippen molar-refractivity contribution in [3.05, 3.63) is 80.9 Å². The van der Waals surface area contributed by atoms with Crippen LogP contribution in [0.5, 0.6) is 23.0 Å². The number of ether oxygens (including phenoxy) is 1. The van der Waals surface area contributed by atoms with E-state index in [1.54, 1.807) is 13.8 Å². The number of aryl methyl sites for hydroxylation is 1. The van der Waals surface area contributed by atoms with Gasteiger partial charge >= 0.3 is 5.97 Å². The maximum atomic E-state index is 13.7. The molecule has 2 aliphatic carbocycles. The van der Waals surface area contributed by atoms with E-state index in [9.17, 15) is 49.5 Å². The van der Waals surface area contributed by atoms with Gasteiger partial charge in [-0.05, 0) is 74.5 Å². The lowest BCUT2D eigenvalue weighted by Gasteiger charge is -2.46. The number of aldehydes is 1. The molecule has 0 amide bonds. The summed E-state index contributed by atoms with van der Waals surface area (Å²) >= 11 is 0. The van der Waals surface area contributed by atoms with Crippen molar-refractivity contribution in [2.75, 3.05) is 0 Å². The summed E-state index contributed by atoms with van der Waals surface area (Å²) in [7, 11) is 0. The van der Waals surface area contributed by atoms with Crippen molar-refractivity contribution < 1.29 is 54.2 Å². The quantitative estimate of drug-likeness (QED) is 0.131. The molecule has 4 aromatic rings. The van der Waals surface area contributed by atoms with Crippen LogP contribution in [0.4, 0.5) is 0 Å². The molecule has 2 aliphatic rings. The number of aliphatic hydroxyl groups is 1. The molecule has 0 heterocycles. The smallest absolute Gasteiger partial charge is 0.303 e. The molecule has 0 radical (unpaired) electrons. The van der Waals surface area contributed by atoms with Crippen molar-refractivity contribution >= 4 is 40.4 Å². The number of esters is 1. The molecule has 5 N–H and O–H groups in total. The SMILES string of the molecule is CC(=O)OC(C)(C)[C@@H]1c2cc3ccc(-c4ccc5c(c4O)C(=O)c4c(O)cc(C)c(C=O)c4C5=O)c(O)c3c(O)c2C(=O)C[C@]1(C)O. The van der Waals surface area contributed by atoms with Gasteiger partial charge in [-0.1, -0.05) is 6.07 Å². The average molecular weight is 639 g/mol. The standard InChI is InChI=1S/C36H30O11/c1-14-10-22(39)28-26(21(14)13-37)31(43)19-9-8-18(30(42)27(19)33(28)45)17-7-6-16-11-20-25(32(44)24(16)29(17)41)23(40)12-36(5,46)34(20)35(3,4)47-15(2)38/h6-11,13,34,39,41-42,44,46H,12H2,1-5H3/t34-,36-/m0/s1. The van der Waals surface area contributed by atoms with Crippen molar-refractivity contribution in [1.29, 1.82) is 0 Å². The first kappa shape index (κ1) is 31.4. The zero-order valence-corrected chi connectivity index (χ0v) is 26.0. The third-order valence-corrected chi connectivity index (χ3v) is 9.18. The molecule has 0 saturated carbocycles. The second-order valence-corrected chi connectivity index (χ2v) is 12.9. The van der Waals surface area contributed by atoms with Crippen LogP contribution < -0.4 is 0 Å². The first-order valence-corrected chi connectivity index (χ1v) is 14.7. The van der Waals surface area contributed by atoms with Crippen LogP contribution >= 0.6 is 0 Å². The van der Waals surface area contributed by atoms with Gasteiger partial charge in [0.15, 0.2) is 17.9 Å². The molecule has 0 aromatic heterocycles. The third kappa shape index (κ3) is 4.41. The van der Waals surface area contributed by atoms with Gasteiger partial charge in [-0.25, -0.2) is 0 Å². The van der Waals surface area contributed by atoms with E-state index in [4.69, 9.17) is 4.74 Å². The highest BCUT2D eigenvalue weighted by molar-refractivity contribution is 6.32. The Morgan fingerprint density at radius 2 is 1.49 bits per heavy atom. The fourth-order valence-corrected chi connectivity index (χ4v) is 7.54. The molecule has 47 heavy (non-hydrogen) atoms. The van der Waals surface area contributed by atoms with Crippen LogP contribution in [0.1, 0.15) is 104 Å². The van der Waals surface area contributed by atoms with Crippen LogP contribution in [0.25, 0.3) is 21.9 Å². The summed E-state index contributed by atoms with van der Waals surface area (Å²) in [5.41, 5.74) is -4.26. The average Bonchev–Trinajstić information content (AvgIpc) is 2.94. The number of benzene rings is 4. The van der Waals surface area contributed by atoms with Gasteiger partial charge in [-0.3, -0.25) is 24.0 Å². The van der Waals surface area contributed by atoms with Gasteiger partial charge in [-0.15, -0.1) is 0 Å². The number of hydrogen-bond donors (Lipinski definition) is 5. The molecule has 6 rings (SSSR count). The van der Waals surface area contributed by atoms with Crippen LogP contribution in [0.3, 0.4) is 0 Å². The lowest BCUT2D eigenvalue weighted by atomic mass is 9.65. The number of phenolic OH excluding ortho intramolecular Hbond substituents is 4. The molecular weight excluding hydrogens is 608 g/mol.